The van der Waals surface area contributed by atoms with Crippen molar-refractivity contribution in [2.24, 2.45) is 5.92 Å². The van der Waals surface area contributed by atoms with E-state index in [4.69, 9.17) is 5.26 Å². The average Bonchev–Trinajstić information content (AvgIpc) is 2.23. The molecule has 84 valence electrons. The van der Waals surface area contributed by atoms with Crippen molar-refractivity contribution in [1.29, 1.82) is 5.26 Å². The Kier molecular flexibility index (Phi) is 7.62. The van der Waals surface area contributed by atoms with E-state index >= 15 is 0 Å². The fourth-order valence-electron chi connectivity index (χ4n) is 1.40. The Morgan fingerprint density at radius 3 is 2.53 bits per heavy atom. The molecule has 0 aromatic heterocycles. The Labute approximate surface area is 92.3 Å². The highest BCUT2D eigenvalue weighted by Gasteiger charge is 2.02. The molecule has 2 unspecified atom stereocenters. The summed E-state index contributed by atoms with van der Waals surface area (Å²) in [6, 6.07) is 1.91. The van der Waals surface area contributed by atoms with Gasteiger partial charge in [-0.1, -0.05) is 32.4 Å². The van der Waals surface area contributed by atoms with Crippen molar-refractivity contribution in [3.8, 4) is 6.07 Å². The molecule has 0 aliphatic carbocycles. The van der Waals surface area contributed by atoms with Crippen LogP contribution < -0.4 is 0 Å². The molecule has 1 nitrogen and oxygen atoms in total. The number of halogens is 1. The maximum absolute atomic E-state index is 13.3. The van der Waals surface area contributed by atoms with Gasteiger partial charge in [0.2, 0.25) is 0 Å². The Bertz CT molecular complexity index is 260. The molecule has 0 radical (unpaired) electrons. The van der Waals surface area contributed by atoms with Gasteiger partial charge in [-0.3, -0.25) is 0 Å². The average molecular weight is 209 g/mol. The first-order valence-corrected chi connectivity index (χ1v) is 5.54. The molecule has 0 N–H and O–H groups in total. The fraction of sp³-hybridized carbons (Fsp3) is 0.615. The van der Waals surface area contributed by atoms with Crippen LogP contribution in [0.15, 0.2) is 23.8 Å². The molecule has 0 saturated heterocycles. The van der Waals surface area contributed by atoms with Gasteiger partial charge in [0.05, 0.1) is 6.07 Å². The van der Waals surface area contributed by atoms with Crippen LogP contribution >= 0.6 is 0 Å². The van der Waals surface area contributed by atoms with Gasteiger partial charge in [0.1, 0.15) is 6.17 Å². The quantitative estimate of drug-likeness (QED) is 0.475. The third-order valence-corrected chi connectivity index (χ3v) is 2.34. The van der Waals surface area contributed by atoms with Gasteiger partial charge in [0.15, 0.2) is 0 Å². The van der Waals surface area contributed by atoms with Crippen molar-refractivity contribution in [3.63, 3.8) is 0 Å². The molecule has 0 aliphatic rings. The van der Waals surface area contributed by atoms with Crippen LogP contribution in [-0.4, -0.2) is 6.17 Å². The lowest BCUT2D eigenvalue weighted by molar-refractivity contribution is 0.462. The highest BCUT2D eigenvalue weighted by atomic mass is 19.1. The second-order valence-corrected chi connectivity index (χ2v) is 3.75. The van der Waals surface area contributed by atoms with Gasteiger partial charge in [0.25, 0.3) is 0 Å². The van der Waals surface area contributed by atoms with E-state index in [1.54, 1.807) is 13.0 Å². The van der Waals surface area contributed by atoms with Gasteiger partial charge in [-0.2, -0.15) is 5.26 Å². The summed E-state index contributed by atoms with van der Waals surface area (Å²) in [5.41, 5.74) is 0.427. The van der Waals surface area contributed by atoms with E-state index in [1.165, 1.54) is 6.08 Å². The summed E-state index contributed by atoms with van der Waals surface area (Å²) in [5, 5.41) is 8.48. The SMILES string of the molecule is CCCC(/C=C/C(F)C=C(C)C#N)CC. The van der Waals surface area contributed by atoms with E-state index in [9.17, 15) is 4.39 Å². The number of allylic oxidation sites excluding steroid dienone is 4. The van der Waals surface area contributed by atoms with Crippen LogP contribution in [0.5, 0.6) is 0 Å². The van der Waals surface area contributed by atoms with E-state index in [1.807, 2.05) is 12.1 Å². The summed E-state index contributed by atoms with van der Waals surface area (Å²) < 4.78 is 13.3. The van der Waals surface area contributed by atoms with Gasteiger partial charge >= 0.3 is 0 Å². The van der Waals surface area contributed by atoms with Crippen LogP contribution in [-0.2, 0) is 0 Å². The van der Waals surface area contributed by atoms with E-state index in [0.717, 1.165) is 19.3 Å². The van der Waals surface area contributed by atoms with Crippen LogP contribution in [0.1, 0.15) is 40.0 Å². The molecular weight excluding hydrogens is 189 g/mol. The van der Waals surface area contributed by atoms with Gasteiger partial charge in [-0.05, 0) is 31.8 Å². The lowest BCUT2D eigenvalue weighted by Gasteiger charge is -2.07. The Morgan fingerprint density at radius 2 is 2.07 bits per heavy atom. The zero-order chi connectivity index (χ0) is 11.7. The molecular formula is C13H20FN. The van der Waals surface area contributed by atoms with Crippen LogP contribution in [0, 0.1) is 17.2 Å². The Hall–Kier alpha value is -1.10. The predicted octanol–water partition coefficient (Wildman–Crippen LogP) is 4.18. The molecule has 0 fully saturated rings. The summed E-state index contributed by atoms with van der Waals surface area (Å²) in [5.74, 6) is 0.462. The van der Waals surface area contributed by atoms with Crippen LogP contribution in [0.4, 0.5) is 4.39 Å². The predicted molar refractivity (Wildman–Crippen MR) is 62.1 cm³/mol. The Balaban J connectivity index is 4.20. The second-order valence-electron chi connectivity index (χ2n) is 3.75. The van der Waals surface area contributed by atoms with Crippen LogP contribution in [0.25, 0.3) is 0 Å². The Morgan fingerprint density at radius 1 is 1.40 bits per heavy atom. The van der Waals surface area contributed by atoms with E-state index < -0.39 is 6.17 Å². The van der Waals surface area contributed by atoms with Crippen molar-refractivity contribution in [3.05, 3.63) is 23.8 Å². The van der Waals surface area contributed by atoms with Gasteiger partial charge in [0, 0.05) is 5.57 Å². The lowest BCUT2D eigenvalue weighted by atomic mass is 10.00. The summed E-state index contributed by atoms with van der Waals surface area (Å²) in [7, 11) is 0. The number of nitrogens with zero attached hydrogens (tertiary/aromatic N) is 1. The van der Waals surface area contributed by atoms with Crippen molar-refractivity contribution < 1.29 is 4.39 Å². The van der Waals surface area contributed by atoms with Gasteiger partial charge in [-0.25, -0.2) is 4.39 Å². The summed E-state index contributed by atoms with van der Waals surface area (Å²) >= 11 is 0. The first-order valence-electron chi connectivity index (χ1n) is 5.54. The first kappa shape index (κ1) is 13.9. The third-order valence-electron chi connectivity index (χ3n) is 2.34. The second kappa shape index (κ2) is 8.23. The number of rotatable bonds is 6. The maximum atomic E-state index is 13.3. The first-order chi connectivity index (χ1) is 7.13. The number of nitriles is 1. The van der Waals surface area contributed by atoms with Gasteiger partial charge in [-0.15, -0.1) is 0 Å². The van der Waals surface area contributed by atoms with Crippen LogP contribution in [0.3, 0.4) is 0 Å². The molecule has 0 spiro atoms. The zero-order valence-corrected chi connectivity index (χ0v) is 9.83. The third kappa shape index (κ3) is 6.90. The van der Waals surface area contributed by atoms with E-state index in [2.05, 4.69) is 13.8 Å². The zero-order valence-electron chi connectivity index (χ0n) is 9.83. The number of hydrogen-bond donors (Lipinski definition) is 0. The fourth-order valence-corrected chi connectivity index (χ4v) is 1.40. The molecule has 0 rings (SSSR count). The standard InChI is InChI=1S/C13H20FN/c1-4-6-12(5-2)7-8-13(14)9-11(3)10-15/h7-9,12-13H,4-6H2,1-3H3/b8-7+,11-9?. The molecule has 2 heteroatoms. The molecule has 0 aromatic rings. The van der Waals surface area contributed by atoms with Crippen LogP contribution in [0.2, 0.25) is 0 Å². The minimum Gasteiger partial charge on any atom is -0.238 e. The summed E-state index contributed by atoms with van der Waals surface area (Å²) in [6.07, 6.45) is 6.94. The molecule has 0 bridgehead atoms. The highest BCUT2D eigenvalue weighted by molar-refractivity contribution is 5.21. The molecule has 15 heavy (non-hydrogen) atoms. The van der Waals surface area contributed by atoms with E-state index in [0.29, 0.717) is 11.5 Å². The lowest BCUT2D eigenvalue weighted by Crippen LogP contribution is -1.96. The molecule has 2 atom stereocenters. The van der Waals surface area contributed by atoms with Crippen molar-refractivity contribution in [2.45, 2.75) is 46.2 Å². The van der Waals surface area contributed by atoms with Crippen molar-refractivity contribution in [1.82, 2.24) is 0 Å². The summed E-state index contributed by atoms with van der Waals surface area (Å²) in [4.78, 5) is 0. The molecule has 0 saturated carbocycles. The highest BCUT2D eigenvalue weighted by Crippen LogP contribution is 2.13. The minimum absolute atomic E-state index is 0.427. The summed E-state index contributed by atoms with van der Waals surface area (Å²) in [6.45, 7) is 5.85. The normalized spacial score (nSPS) is 16.3. The minimum atomic E-state index is -1.13. The molecule has 0 amide bonds. The smallest absolute Gasteiger partial charge is 0.138 e. The van der Waals surface area contributed by atoms with Crippen molar-refractivity contribution in [2.75, 3.05) is 0 Å². The largest absolute Gasteiger partial charge is 0.238 e. The molecule has 0 aromatic carbocycles. The monoisotopic (exact) mass is 209 g/mol. The molecule has 0 heterocycles. The topological polar surface area (TPSA) is 23.8 Å². The van der Waals surface area contributed by atoms with Crippen molar-refractivity contribution >= 4 is 0 Å². The molecule has 0 aliphatic heterocycles. The maximum Gasteiger partial charge on any atom is 0.138 e. The van der Waals surface area contributed by atoms with E-state index in [-0.39, 0.29) is 0 Å². The number of hydrogen-bond acceptors (Lipinski definition) is 1. The number of alkyl halides is 1. The van der Waals surface area contributed by atoms with Gasteiger partial charge < -0.3 is 0 Å².